The van der Waals surface area contributed by atoms with Crippen LogP contribution in [-0.2, 0) is 12.1 Å². The molecule has 1 unspecified atom stereocenters. The number of aliphatic hydroxyl groups is 1. The Hall–Kier alpha value is -4.19. The standard InChI is InChI=1S/C26H16F7N3O2/c27-17-6-8-18(9-7-17)36-21-10-5-16(11-15(21)12-34-36)24(38,26(31,32)33)14-35-13-20(23(37)25(28,29)30)19-3-1-2-4-22(19)35/h1-13,38H,14H2. The Kier molecular flexibility index (Phi) is 5.82. The molecule has 0 aliphatic heterocycles. The molecule has 1 N–H and O–H groups in total. The largest absolute Gasteiger partial charge is 0.454 e. The molecule has 5 nitrogen and oxygen atoms in total. The quantitative estimate of drug-likeness (QED) is 0.212. The van der Waals surface area contributed by atoms with Crippen molar-refractivity contribution in [2.75, 3.05) is 0 Å². The third-order valence-electron chi connectivity index (χ3n) is 6.28. The molecule has 0 saturated heterocycles. The highest BCUT2D eigenvalue weighted by atomic mass is 19.4. The first kappa shape index (κ1) is 25.5. The van der Waals surface area contributed by atoms with E-state index in [-0.39, 0.29) is 16.3 Å². The SMILES string of the molecule is O=C(c1cn(CC(O)(c2ccc3c(cnn3-c3ccc(F)cc3)c2)C(F)(F)F)c2ccccc12)C(F)(F)F. The first-order chi connectivity index (χ1) is 17.8. The predicted molar refractivity (Wildman–Crippen MR) is 123 cm³/mol. The maximum atomic E-state index is 14.4. The van der Waals surface area contributed by atoms with E-state index in [9.17, 15) is 40.6 Å². The molecule has 0 radical (unpaired) electrons. The van der Waals surface area contributed by atoms with E-state index >= 15 is 0 Å². The number of ketones is 1. The fourth-order valence-corrected chi connectivity index (χ4v) is 4.38. The van der Waals surface area contributed by atoms with Gasteiger partial charge < -0.3 is 9.67 Å². The molecule has 196 valence electrons. The van der Waals surface area contributed by atoms with Crippen molar-refractivity contribution >= 4 is 27.6 Å². The molecule has 0 aliphatic carbocycles. The number of carbonyl (C=O) groups is 1. The van der Waals surface area contributed by atoms with Crippen LogP contribution in [0.15, 0.2) is 79.1 Å². The molecule has 3 aromatic carbocycles. The minimum atomic E-state index is -5.26. The number of Topliss-reactive ketones (excluding diaryl/α,β-unsaturated/α-hetero) is 1. The van der Waals surface area contributed by atoms with Crippen molar-refractivity contribution in [3.63, 3.8) is 0 Å². The number of nitrogens with zero attached hydrogens (tertiary/aromatic N) is 3. The summed E-state index contributed by atoms with van der Waals surface area (Å²) in [4.78, 5) is 12.0. The molecule has 2 aromatic heterocycles. The zero-order valence-corrected chi connectivity index (χ0v) is 19.1. The van der Waals surface area contributed by atoms with Crippen molar-refractivity contribution in [2.45, 2.75) is 24.5 Å². The van der Waals surface area contributed by atoms with E-state index in [1.165, 1.54) is 65.5 Å². The van der Waals surface area contributed by atoms with Crippen LogP contribution in [0.3, 0.4) is 0 Å². The second-order valence-corrected chi connectivity index (χ2v) is 8.68. The minimum absolute atomic E-state index is 0.0898. The molecule has 0 aliphatic rings. The number of carbonyl (C=O) groups excluding carboxylic acids is 1. The van der Waals surface area contributed by atoms with E-state index < -0.39 is 47.2 Å². The number of benzene rings is 3. The van der Waals surface area contributed by atoms with Gasteiger partial charge in [-0.2, -0.15) is 31.4 Å². The highest BCUT2D eigenvalue weighted by molar-refractivity contribution is 6.10. The Balaban J connectivity index is 1.61. The summed E-state index contributed by atoms with van der Waals surface area (Å²) in [6.45, 7) is -1.22. The van der Waals surface area contributed by atoms with Crippen LogP contribution in [-0.4, -0.2) is 37.6 Å². The molecule has 0 fully saturated rings. The average molecular weight is 535 g/mol. The Bertz CT molecular complexity index is 1670. The molecule has 5 aromatic rings. The van der Waals surface area contributed by atoms with Gasteiger partial charge in [-0.05, 0) is 48.0 Å². The molecule has 0 bridgehead atoms. The average Bonchev–Trinajstić information content (AvgIpc) is 3.44. The van der Waals surface area contributed by atoms with Gasteiger partial charge in [0.15, 0.2) is 0 Å². The smallest absolute Gasteiger partial charge is 0.375 e. The number of aromatic nitrogens is 3. The number of rotatable bonds is 5. The van der Waals surface area contributed by atoms with Gasteiger partial charge in [0, 0.05) is 22.5 Å². The summed E-state index contributed by atoms with van der Waals surface area (Å²) in [7, 11) is 0. The highest BCUT2D eigenvalue weighted by Crippen LogP contribution is 2.42. The second-order valence-electron chi connectivity index (χ2n) is 8.68. The van der Waals surface area contributed by atoms with Crippen LogP contribution in [0, 0.1) is 5.82 Å². The molecular weight excluding hydrogens is 519 g/mol. The molecule has 2 heterocycles. The van der Waals surface area contributed by atoms with Crippen molar-refractivity contribution < 1.29 is 40.6 Å². The maximum Gasteiger partial charge on any atom is 0.454 e. The van der Waals surface area contributed by atoms with Crippen molar-refractivity contribution in [1.29, 1.82) is 0 Å². The van der Waals surface area contributed by atoms with Crippen molar-refractivity contribution in [3.05, 3.63) is 96.1 Å². The zero-order valence-electron chi connectivity index (χ0n) is 19.1. The van der Waals surface area contributed by atoms with E-state index in [2.05, 4.69) is 5.10 Å². The number of hydrogen-bond acceptors (Lipinski definition) is 3. The molecule has 0 amide bonds. The molecule has 1 atom stereocenters. The Morgan fingerprint density at radius 1 is 0.895 bits per heavy atom. The lowest BCUT2D eigenvalue weighted by atomic mass is 9.91. The van der Waals surface area contributed by atoms with Gasteiger partial charge in [0.1, 0.15) is 5.82 Å². The van der Waals surface area contributed by atoms with E-state index in [1.54, 1.807) is 0 Å². The lowest BCUT2D eigenvalue weighted by molar-refractivity contribution is -0.271. The number of alkyl halides is 6. The van der Waals surface area contributed by atoms with E-state index in [1.807, 2.05) is 0 Å². The summed E-state index contributed by atoms with van der Waals surface area (Å²) in [6, 6.07) is 13.8. The van der Waals surface area contributed by atoms with Crippen molar-refractivity contribution in [1.82, 2.24) is 14.3 Å². The van der Waals surface area contributed by atoms with Crippen molar-refractivity contribution in [3.8, 4) is 5.69 Å². The van der Waals surface area contributed by atoms with Gasteiger partial charge in [-0.1, -0.05) is 24.3 Å². The first-order valence-corrected chi connectivity index (χ1v) is 11.0. The van der Waals surface area contributed by atoms with Crippen LogP contribution < -0.4 is 0 Å². The molecular formula is C26H16F7N3O2. The monoisotopic (exact) mass is 535 g/mol. The zero-order chi connectivity index (χ0) is 27.5. The van der Waals surface area contributed by atoms with Crippen LogP contribution in [0.4, 0.5) is 30.7 Å². The van der Waals surface area contributed by atoms with Gasteiger partial charge in [-0.15, -0.1) is 0 Å². The van der Waals surface area contributed by atoms with Gasteiger partial charge in [0.2, 0.25) is 5.60 Å². The fourth-order valence-electron chi connectivity index (χ4n) is 4.38. The highest BCUT2D eigenvalue weighted by Gasteiger charge is 2.55. The second kappa shape index (κ2) is 8.69. The molecule has 12 heteroatoms. The van der Waals surface area contributed by atoms with E-state index in [0.717, 1.165) is 16.7 Å². The Morgan fingerprint density at radius 2 is 1.58 bits per heavy atom. The minimum Gasteiger partial charge on any atom is -0.375 e. The van der Waals surface area contributed by atoms with Gasteiger partial charge in [0.25, 0.3) is 5.78 Å². The summed E-state index contributed by atoms with van der Waals surface area (Å²) in [5.74, 6) is -2.70. The number of fused-ring (bicyclic) bond motifs is 2. The van der Waals surface area contributed by atoms with Crippen LogP contribution in [0.1, 0.15) is 15.9 Å². The van der Waals surface area contributed by atoms with Gasteiger partial charge in [0.05, 0.1) is 29.5 Å². The van der Waals surface area contributed by atoms with Crippen LogP contribution in [0.5, 0.6) is 0 Å². The summed E-state index contributed by atoms with van der Waals surface area (Å²) in [5, 5.41) is 15.2. The van der Waals surface area contributed by atoms with Crippen LogP contribution in [0.25, 0.3) is 27.5 Å². The number of para-hydroxylation sites is 1. The van der Waals surface area contributed by atoms with Crippen LogP contribution >= 0.6 is 0 Å². The summed E-state index contributed by atoms with van der Waals surface area (Å²) >= 11 is 0. The molecule has 0 saturated carbocycles. The third-order valence-corrected chi connectivity index (χ3v) is 6.28. The third kappa shape index (κ3) is 4.20. The van der Waals surface area contributed by atoms with Gasteiger partial charge >= 0.3 is 12.4 Å². The normalized spacial score (nSPS) is 14.2. The van der Waals surface area contributed by atoms with E-state index in [0.29, 0.717) is 17.4 Å². The van der Waals surface area contributed by atoms with E-state index in [4.69, 9.17) is 0 Å². The maximum absolute atomic E-state index is 14.4. The van der Waals surface area contributed by atoms with Crippen molar-refractivity contribution in [2.24, 2.45) is 0 Å². The lowest BCUT2D eigenvalue weighted by Gasteiger charge is -2.32. The topological polar surface area (TPSA) is 60.1 Å². The van der Waals surface area contributed by atoms with Crippen LogP contribution in [0.2, 0.25) is 0 Å². The Labute approximate surface area is 209 Å². The fraction of sp³-hybridized carbons (Fsp3) is 0.154. The number of hydrogen-bond donors (Lipinski definition) is 1. The summed E-state index contributed by atoms with van der Waals surface area (Å²) < 4.78 is 98.0. The molecule has 0 spiro atoms. The molecule has 5 rings (SSSR count). The molecule has 38 heavy (non-hydrogen) atoms. The number of halogens is 7. The predicted octanol–water partition coefficient (Wildman–Crippen LogP) is 6.31. The first-order valence-electron chi connectivity index (χ1n) is 11.0. The van der Waals surface area contributed by atoms with Gasteiger partial charge in [-0.25, -0.2) is 9.07 Å². The Morgan fingerprint density at radius 3 is 2.24 bits per heavy atom. The summed E-state index contributed by atoms with van der Waals surface area (Å²) in [6.07, 6.45) is -8.56. The summed E-state index contributed by atoms with van der Waals surface area (Å²) in [5.41, 5.74) is -4.23. The van der Waals surface area contributed by atoms with Gasteiger partial charge in [-0.3, -0.25) is 4.79 Å². The lowest BCUT2D eigenvalue weighted by Crippen LogP contribution is -2.45.